The number of nitrogens with one attached hydrogen (secondary N) is 1. The molecule has 6 heteroatoms. The molecule has 2 unspecified atom stereocenters. The van der Waals surface area contributed by atoms with Gasteiger partial charge in [-0.1, -0.05) is 20.3 Å². The third-order valence-electron chi connectivity index (χ3n) is 4.03. The predicted octanol–water partition coefficient (Wildman–Crippen LogP) is 2.57. The summed E-state index contributed by atoms with van der Waals surface area (Å²) in [5, 5.41) is 15.7. The molecule has 5 nitrogen and oxygen atoms in total. The minimum Gasteiger partial charge on any atom is -0.393 e. The van der Waals surface area contributed by atoms with Crippen LogP contribution < -0.4 is 5.32 Å². The van der Waals surface area contributed by atoms with E-state index in [4.69, 9.17) is 0 Å². The van der Waals surface area contributed by atoms with Crippen molar-refractivity contribution in [2.75, 3.05) is 13.6 Å². The fraction of sp³-hybridized carbons (Fsp3) is 0.733. The minimum atomic E-state index is -0.257. The molecule has 1 aliphatic rings. The Morgan fingerprint density at radius 1 is 1.57 bits per heavy atom. The van der Waals surface area contributed by atoms with E-state index >= 15 is 0 Å². The number of aliphatic hydroxyl groups is 1. The van der Waals surface area contributed by atoms with Gasteiger partial charge in [-0.3, -0.25) is 0 Å². The van der Waals surface area contributed by atoms with Gasteiger partial charge in [0.1, 0.15) is 5.01 Å². The molecular weight excluding hydrogens is 286 g/mol. The second kappa shape index (κ2) is 7.22. The van der Waals surface area contributed by atoms with E-state index in [0.29, 0.717) is 19.0 Å². The lowest BCUT2D eigenvalue weighted by Crippen LogP contribution is -2.40. The number of hydrogen-bond donors (Lipinski definition) is 2. The number of rotatable bonds is 5. The van der Waals surface area contributed by atoms with Gasteiger partial charge in [0.05, 0.1) is 18.3 Å². The van der Waals surface area contributed by atoms with Crippen LogP contribution >= 0.6 is 11.3 Å². The van der Waals surface area contributed by atoms with Crippen LogP contribution in [0.2, 0.25) is 0 Å². The smallest absolute Gasteiger partial charge is 0.317 e. The standard InChI is InChI=1S/C15H25N3O2S/c1-10(2)12-9-21-14(17-12)7-16-15(20)18(3)8-11-5-4-6-13(11)19/h9-11,13,19H,4-8H2,1-3H3,(H,16,20). The zero-order valence-electron chi connectivity index (χ0n) is 13.0. The quantitative estimate of drug-likeness (QED) is 0.878. The fourth-order valence-electron chi connectivity index (χ4n) is 2.62. The van der Waals surface area contributed by atoms with Crippen LogP contribution in [0.15, 0.2) is 5.38 Å². The number of carbonyl (C=O) groups is 1. The van der Waals surface area contributed by atoms with Gasteiger partial charge < -0.3 is 15.3 Å². The molecule has 1 saturated carbocycles. The summed E-state index contributed by atoms with van der Waals surface area (Å²) in [4.78, 5) is 18.2. The van der Waals surface area contributed by atoms with Crippen LogP contribution in [0.4, 0.5) is 4.79 Å². The largest absolute Gasteiger partial charge is 0.393 e. The zero-order chi connectivity index (χ0) is 15.4. The van der Waals surface area contributed by atoms with E-state index in [1.807, 2.05) is 5.38 Å². The molecule has 1 fully saturated rings. The molecule has 0 aliphatic heterocycles. The number of hydrogen-bond acceptors (Lipinski definition) is 4. The molecule has 0 radical (unpaired) electrons. The highest BCUT2D eigenvalue weighted by Gasteiger charge is 2.27. The van der Waals surface area contributed by atoms with Crippen molar-refractivity contribution in [3.05, 3.63) is 16.1 Å². The highest BCUT2D eigenvalue weighted by atomic mass is 32.1. The number of amides is 2. The Kier molecular flexibility index (Phi) is 5.58. The molecule has 1 heterocycles. The number of aromatic nitrogens is 1. The lowest BCUT2D eigenvalue weighted by Gasteiger charge is -2.23. The molecule has 0 aromatic carbocycles. The van der Waals surface area contributed by atoms with E-state index in [9.17, 15) is 9.90 Å². The van der Waals surface area contributed by atoms with Crippen molar-refractivity contribution in [3.8, 4) is 0 Å². The van der Waals surface area contributed by atoms with Gasteiger partial charge in [-0.2, -0.15) is 0 Å². The Hall–Kier alpha value is -1.14. The molecule has 2 amide bonds. The summed E-state index contributed by atoms with van der Waals surface area (Å²) < 4.78 is 0. The predicted molar refractivity (Wildman–Crippen MR) is 84.4 cm³/mol. The Labute approximate surface area is 130 Å². The highest BCUT2D eigenvalue weighted by molar-refractivity contribution is 7.09. The second-order valence-corrected chi connectivity index (χ2v) is 7.06. The first kappa shape index (κ1) is 16.2. The van der Waals surface area contributed by atoms with E-state index in [1.165, 1.54) is 0 Å². The summed E-state index contributed by atoms with van der Waals surface area (Å²) in [6, 6.07) is -0.101. The summed E-state index contributed by atoms with van der Waals surface area (Å²) in [7, 11) is 1.78. The van der Waals surface area contributed by atoms with Gasteiger partial charge in [-0.15, -0.1) is 11.3 Å². The zero-order valence-corrected chi connectivity index (χ0v) is 13.8. The Bertz CT molecular complexity index is 475. The van der Waals surface area contributed by atoms with Crippen molar-refractivity contribution in [3.63, 3.8) is 0 Å². The molecule has 2 N–H and O–H groups in total. The van der Waals surface area contributed by atoms with E-state index < -0.39 is 0 Å². The third kappa shape index (κ3) is 4.41. The van der Waals surface area contributed by atoms with Crippen molar-refractivity contribution in [2.24, 2.45) is 5.92 Å². The van der Waals surface area contributed by atoms with Crippen LogP contribution in [0.25, 0.3) is 0 Å². The van der Waals surface area contributed by atoms with Crippen LogP contribution in [-0.4, -0.2) is 40.7 Å². The van der Waals surface area contributed by atoms with E-state index in [-0.39, 0.29) is 18.1 Å². The summed E-state index contributed by atoms with van der Waals surface area (Å²) in [5.74, 6) is 0.630. The Morgan fingerprint density at radius 2 is 2.33 bits per heavy atom. The summed E-state index contributed by atoms with van der Waals surface area (Å²) in [6.07, 6.45) is 2.66. The molecule has 0 saturated heterocycles. The molecule has 0 spiro atoms. The minimum absolute atomic E-state index is 0.101. The number of aliphatic hydroxyl groups excluding tert-OH is 1. The van der Waals surface area contributed by atoms with Gasteiger partial charge in [0, 0.05) is 24.9 Å². The molecule has 1 aromatic heterocycles. The molecule has 21 heavy (non-hydrogen) atoms. The number of carbonyl (C=O) groups excluding carboxylic acids is 1. The molecule has 0 bridgehead atoms. The summed E-state index contributed by atoms with van der Waals surface area (Å²) >= 11 is 1.58. The lowest BCUT2D eigenvalue weighted by atomic mass is 10.1. The number of thiazole rings is 1. The first-order chi connectivity index (χ1) is 9.97. The van der Waals surface area contributed by atoms with Gasteiger partial charge >= 0.3 is 6.03 Å². The first-order valence-electron chi connectivity index (χ1n) is 7.58. The maximum Gasteiger partial charge on any atom is 0.317 e. The van der Waals surface area contributed by atoms with Gasteiger partial charge in [-0.05, 0) is 18.8 Å². The van der Waals surface area contributed by atoms with Crippen LogP contribution in [0, 0.1) is 5.92 Å². The molecule has 1 aliphatic carbocycles. The van der Waals surface area contributed by atoms with Crippen LogP contribution in [0.5, 0.6) is 0 Å². The van der Waals surface area contributed by atoms with Crippen molar-refractivity contribution < 1.29 is 9.90 Å². The van der Waals surface area contributed by atoms with Crippen molar-refractivity contribution in [2.45, 2.75) is 51.7 Å². The van der Waals surface area contributed by atoms with Crippen molar-refractivity contribution >= 4 is 17.4 Å². The van der Waals surface area contributed by atoms with Crippen LogP contribution in [0.3, 0.4) is 0 Å². The van der Waals surface area contributed by atoms with E-state index in [1.54, 1.807) is 23.3 Å². The lowest BCUT2D eigenvalue weighted by molar-refractivity contribution is 0.114. The van der Waals surface area contributed by atoms with Crippen LogP contribution in [0.1, 0.15) is 49.7 Å². The average Bonchev–Trinajstić information content (AvgIpc) is 3.06. The van der Waals surface area contributed by atoms with Crippen molar-refractivity contribution in [1.82, 2.24) is 15.2 Å². The Balaban J connectivity index is 1.77. The number of urea groups is 1. The SMILES string of the molecule is CC(C)c1csc(CNC(=O)N(C)CC2CCCC2O)n1. The van der Waals surface area contributed by atoms with Gasteiger partial charge in [0.15, 0.2) is 0 Å². The third-order valence-corrected chi connectivity index (χ3v) is 4.89. The second-order valence-electron chi connectivity index (χ2n) is 6.12. The molecule has 1 aromatic rings. The molecular formula is C15H25N3O2S. The topological polar surface area (TPSA) is 65.5 Å². The van der Waals surface area contributed by atoms with E-state index in [0.717, 1.165) is 30.0 Å². The maximum atomic E-state index is 12.1. The Morgan fingerprint density at radius 3 is 2.90 bits per heavy atom. The maximum absolute atomic E-state index is 12.1. The fourth-order valence-corrected chi connectivity index (χ4v) is 3.52. The van der Waals surface area contributed by atoms with Crippen molar-refractivity contribution in [1.29, 1.82) is 0 Å². The molecule has 2 rings (SSSR count). The number of nitrogens with zero attached hydrogens (tertiary/aromatic N) is 2. The van der Waals surface area contributed by atoms with Gasteiger partial charge in [0.2, 0.25) is 0 Å². The van der Waals surface area contributed by atoms with Gasteiger partial charge in [0.25, 0.3) is 0 Å². The summed E-state index contributed by atoms with van der Waals surface area (Å²) in [6.45, 7) is 5.30. The molecule has 2 atom stereocenters. The van der Waals surface area contributed by atoms with Crippen LogP contribution in [-0.2, 0) is 6.54 Å². The van der Waals surface area contributed by atoms with Gasteiger partial charge in [-0.25, -0.2) is 9.78 Å². The van der Waals surface area contributed by atoms with E-state index in [2.05, 4.69) is 24.1 Å². The monoisotopic (exact) mass is 311 g/mol. The summed E-state index contributed by atoms with van der Waals surface area (Å²) in [5.41, 5.74) is 1.08. The normalized spacial score (nSPS) is 21.8. The highest BCUT2D eigenvalue weighted by Crippen LogP contribution is 2.26. The average molecular weight is 311 g/mol. The molecule has 118 valence electrons. The first-order valence-corrected chi connectivity index (χ1v) is 8.46.